The van der Waals surface area contributed by atoms with Crippen LogP contribution in [0.2, 0.25) is 5.02 Å². The molecule has 0 spiro atoms. The van der Waals surface area contributed by atoms with Gasteiger partial charge in [0.05, 0.1) is 12.8 Å². The van der Waals surface area contributed by atoms with Gasteiger partial charge in [0.2, 0.25) is 5.43 Å². The van der Waals surface area contributed by atoms with Crippen LogP contribution in [-0.4, -0.2) is 22.8 Å². The van der Waals surface area contributed by atoms with Crippen LogP contribution in [0.25, 0.3) is 5.69 Å². The van der Waals surface area contributed by atoms with E-state index in [0.717, 1.165) is 0 Å². The first-order valence-corrected chi connectivity index (χ1v) is 6.11. The van der Waals surface area contributed by atoms with Crippen molar-refractivity contribution in [3.05, 3.63) is 57.0 Å². The molecular formula is C13H12ClN3O3. The Bertz CT molecular complexity index is 695. The number of benzene rings is 1. The van der Waals surface area contributed by atoms with Gasteiger partial charge in [0.1, 0.15) is 0 Å². The fourth-order valence-electron chi connectivity index (χ4n) is 1.69. The number of carbonyl (C=O) groups is 1. The number of hydrogen-bond acceptors (Lipinski definition) is 4. The summed E-state index contributed by atoms with van der Waals surface area (Å²) in [5, 5.41) is 4.65. The molecule has 0 radical (unpaired) electrons. The molecule has 104 valence electrons. The second-order valence-corrected chi connectivity index (χ2v) is 4.46. The molecule has 0 bridgehead atoms. The average Bonchev–Trinajstić information content (AvgIpc) is 2.40. The maximum absolute atomic E-state index is 11.8. The van der Waals surface area contributed by atoms with Gasteiger partial charge in [-0.2, -0.15) is 5.10 Å². The number of nitrogens with zero attached hydrogens (tertiary/aromatic N) is 2. The zero-order valence-corrected chi connectivity index (χ0v) is 11.6. The van der Waals surface area contributed by atoms with Crippen molar-refractivity contribution in [3.63, 3.8) is 0 Å². The molecule has 6 nitrogen and oxygen atoms in total. The van der Waals surface area contributed by atoms with Crippen molar-refractivity contribution in [2.24, 2.45) is 0 Å². The van der Waals surface area contributed by atoms with Crippen LogP contribution >= 0.6 is 11.6 Å². The summed E-state index contributed by atoms with van der Waals surface area (Å²) in [5.41, 5.74) is 2.66. The fourth-order valence-corrected chi connectivity index (χ4v) is 1.82. The maximum atomic E-state index is 11.8. The van der Waals surface area contributed by atoms with E-state index in [1.54, 1.807) is 31.2 Å². The topological polar surface area (TPSA) is 73.2 Å². The quantitative estimate of drug-likeness (QED) is 0.870. The van der Waals surface area contributed by atoms with Crippen molar-refractivity contribution in [2.75, 3.05) is 7.11 Å². The molecule has 1 aromatic carbocycles. The van der Waals surface area contributed by atoms with E-state index >= 15 is 0 Å². The minimum absolute atomic E-state index is 0.243. The molecule has 1 heterocycles. The Morgan fingerprint density at radius 2 is 2.00 bits per heavy atom. The second-order valence-electron chi connectivity index (χ2n) is 4.02. The van der Waals surface area contributed by atoms with E-state index < -0.39 is 11.3 Å². The first kappa shape index (κ1) is 14.2. The zero-order chi connectivity index (χ0) is 14.7. The van der Waals surface area contributed by atoms with Crippen LogP contribution in [0.15, 0.2) is 35.1 Å². The Hall–Kier alpha value is -2.18. The molecule has 2 aromatic rings. The van der Waals surface area contributed by atoms with Crippen LogP contribution in [0.4, 0.5) is 0 Å². The summed E-state index contributed by atoms with van der Waals surface area (Å²) >= 11 is 5.83. The SMILES string of the molecule is CONC(=O)c1nn(-c2ccc(Cl)cc2)c(C)cc1=O. The highest BCUT2D eigenvalue weighted by atomic mass is 35.5. The van der Waals surface area contributed by atoms with Gasteiger partial charge in [-0.1, -0.05) is 11.6 Å². The van der Waals surface area contributed by atoms with E-state index in [4.69, 9.17) is 11.6 Å². The third kappa shape index (κ3) is 2.87. The first-order valence-electron chi connectivity index (χ1n) is 5.73. The Kier molecular flexibility index (Phi) is 4.16. The van der Waals surface area contributed by atoms with Gasteiger partial charge in [-0.3, -0.25) is 14.4 Å². The van der Waals surface area contributed by atoms with Crippen LogP contribution in [0.3, 0.4) is 0 Å². The molecule has 1 amide bonds. The van der Waals surface area contributed by atoms with Gasteiger partial charge in [0, 0.05) is 16.8 Å². The summed E-state index contributed by atoms with van der Waals surface area (Å²) in [6, 6.07) is 8.22. The van der Waals surface area contributed by atoms with Crippen molar-refractivity contribution < 1.29 is 9.63 Å². The molecular weight excluding hydrogens is 282 g/mol. The van der Waals surface area contributed by atoms with Gasteiger partial charge in [-0.15, -0.1) is 0 Å². The van der Waals surface area contributed by atoms with E-state index in [2.05, 4.69) is 15.4 Å². The summed E-state index contributed by atoms with van der Waals surface area (Å²) in [6.07, 6.45) is 0. The van der Waals surface area contributed by atoms with Crippen molar-refractivity contribution in [2.45, 2.75) is 6.92 Å². The smallest absolute Gasteiger partial charge is 0.287 e. The molecule has 0 saturated carbocycles. The summed E-state index contributed by atoms with van der Waals surface area (Å²) < 4.78 is 1.49. The van der Waals surface area contributed by atoms with E-state index in [1.165, 1.54) is 17.9 Å². The van der Waals surface area contributed by atoms with Gasteiger partial charge in [0.15, 0.2) is 5.69 Å². The zero-order valence-electron chi connectivity index (χ0n) is 10.9. The van der Waals surface area contributed by atoms with E-state index in [-0.39, 0.29) is 5.69 Å². The van der Waals surface area contributed by atoms with Gasteiger partial charge >= 0.3 is 0 Å². The predicted molar refractivity (Wildman–Crippen MR) is 74.1 cm³/mol. The average molecular weight is 294 g/mol. The van der Waals surface area contributed by atoms with E-state index in [1.807, 2.05) is 0 Å². The number of aryl methyl sites for hydroxylation is 1. The minimum atomic E-state index is -0.694. The third-order valence-electron chi connectivity index (χ3n) is 2.59. The van der Waals surface area contributed by atoms with Gasteiger partial charge in [-0.05, 0) is 31.2 Å². The monoisotopic (exact) mass is 293 g/mol. The Morgan fingerprint density at radius 3 is 2.60 bits per heavy atom. The number of nitrogens with one attached hydrogen (secondary N) is 1. The Balaban J connectivity index is 2.54. The lowest BCUT2D eigenvalue weighted by molar-refractivity contribution is 0.0529. The largest absolute Gasteiger partial charge is 0.299 e. The lowest BCUT2D eigenvalue weighted by Gasteiger charge is -2.10. The summed E-state index contributed by atoms with van der Waals surface area (Å²) in [6.45, 7) is 1.72. The number of hydroxylamine groups is 1. The van der Waals surface area contributed by atoms with Crippen molar-refractivity contribution >= 4 is 17.5 Å². The molecule has 0 atom stereocenters. The Morgan fingerprint density at radius 1 is 1.35 bits per heavy atom. The number of aromatic nitrogens is 2. The van der Waals surface area contributed by atoms with E-state index in [9.17, 15) is 9.59 Å². The minimum Gasteiger partial charge on any atom is -0.287 e. The molecule has 0 saturated heterocycles. The molecule has 2 rings (SSSR count). The van der Waals surface area contributed by atoms with E-state index in [0.29, 0.717) is 16.4 Å². The van der Waals surface area contributed by atoms with Crippen molar-refractivity contribution in [1.29, 1.82) is 0 Å². The number of hydrogen-bond donors (Lipinski definition) is 1. The summed E-state index contributed by atoms with van der Waals surface area (Å²) in [5.74, 6) is -0.694. The van der Waals surface area contributed by atoms with Crippen LogP contribution in [0, 0.1) is 6.92 Å². The lowest BCUT2D eigenvalue weighted by Crippen LogP contribution is -2.31. The molecule has 0 fully saturated rings. The molecule has 0 aliphatic heterocycles. The highest BCUT2D eigenvalue weighted by molar-refractivity contribution is 6.30. The van der Waals surface area contributed by atoms with Gasteiger partial charge in [-0.25, -0.2) is 10.2 Å². The Labute approximate surface area is 119 Å². The number of carbonyl (C=O) groups excluding carboxylic acids is 1. The summed E-state index contributed by atoms with van der Waals surface area (Å²) in [4.78, 5) is 28.0. The lowest BCUT2D eigenvalue weighted by atomic mass is 10.3. The van der Waals surface area contributed by atoms with Crippen LogP contribution in [-0.2, 0) is 4.84 Å². The van der Waals surface area contributed by atoms with Crippen molar-refractivity contribution in [3.8, 4) is 5.69 Å². The molecule has 0 aliphatic rings. The summed E-state index contributed by atoms with van der Waals surface area (Å²) in [7, 11) is 1.28. The highest BCUT2D eigenvalue weighted by Crippen LogP contribution is 2.13. The first-order chi connectivity index (χ1) is 9.52. The maximum Gasteiger partial charge on any atom is 0.299 e. The number of halogens is 1. The molecule has 20 heavy (non-hydrogen) atoms. The van der Waals surface area contributed by atoms with Crippen molar-refractivity contribution in [1.82, 2.24) is 15.3 Å². The molecule has 0 unspecified atom stereocenters. The molecule has 1 N–H and O–H groups in total. The highest BCUT2D eigenvalue weighted by Gasteiger charge is 2.14. The predicted octanol–water partition coefficient (Wildman–Crippen LogP) is 1.49. The standard InChI is InChI=1S/C13H12ClN3O3/c1-8-7-11(18)12(13(19)16-20-2)15-17(8)10-5-3-9(14)4-6-10/h3-7H,1-2H3,(H,16,19). The third-order valence-corrected chi connectivity index (χ3v) is 2.84. The van der Waals surface area contributed by atoms with Gasteiger partial charge in [0.25, 0.3) is 5.91 Å². The number of amides is 1. The van der Waals surface area contributed by atoms with Crippen LogP contribution in [0.1, 0.15) is 16.2 Å². The number of rotatable bonds is 3. The molecule has 0 aliphatic carbocycles. The molecule has 1 aromatic heterocycles. The second kappa shape index (κ2) is 5.85. The molecule has 7 heteroatoms. The fraction of sp³-hybridized carbons (Fsp3) is 0.154. The van der Waals surface area contributed by atoms with Gasteiger partial charge < -0.3 is 0 Å². The van der Waals surface area contributed by atoms with Crippen LogP contribution in [0.5, 0.6) is 0 Å². The van der Waals surface area contributed by atoms with Crippen LogP contribution < -0.4 is 10.9 Å². The normalized spacial score (nSPS) is 10.3.